The van der Waals surface area contributed by atoms with E-state index in [1.165, 1.54) is 19.3 Å². The first-order valence-electron chi connectivity index (χ1n) is 4.32. The molecule has 1 nitrogen and oxygen atoms in total. The first-order valence-corrected chi connectivity index (χ1v) is 4.32. The highest BCUT2D eigenvalue weighted by molar-refractivity contribution is 5.20. The molecule has 0 N–H and O–H groups in total. The summed E-state index contributed by atoms with van der Waals surface area (Å²) >= 11 is 0. The minimum atomic E-state index is 0.362. The van der Waals surface area contributed by atoms with Crippen LogP contribution in [0.2, 0.25) is 0 Å². The van der Waals surface area contributed by atoms with Crippen molar-refractivity contribution in [3.63, 3.8) is 0 Å². The second-order valence-corrected chi connectivity index (χ2v) is 4.80. The SMILES string of the molecule is CC1(C)C2CC3CC1(C2)O3. The third-order valence-corrected chi connectivity index (χ3v) is 4.27. The van der Waals surface area contributed by atoms with E-state index in [1.807, 2.05) is 0 Å². The van der Waals surface area contributed by atoms with Crippen LogP contribution in [-0.2, 0) is 4.74 Å². The van der Waals surface area contributed by atoms with E-state index in [9.17, 15) is 0 Å². The van der Waals surface area contributed by atoms with Gasteiger partial charge in [0.2, 0.25) is 0 Å². The number of hydrogen-bond acceptors (Lipinski definition) is 1. The average Bonchev–Trinajstić information content (AvgIpc) is 1.85. The predicted octanol–water partition coefficient (Wildman–Crippen LogP) is 1.96. The van der Waals surface area contributed by atoms with Crippen LogP contribution in [0.1, 0.15) is 33.1 Å². The Morgan fingerprint density at radius 1 is 1.30 bits per heavy atom. The third kappa shape index (κ3) is 0.334. The van der Waals surface area contributed by atoms with E-state index in [-0.39, 0.29) is 0 Å². The van der Waals surface area contributed by atoms with Gasteiger partial charge >= 0.3 is 0 Å². The fraction of sp³-hybridized carbons (Fsp3) is 1.00. The van der Waals surface area contributed by atoms with Gasteiger partial charge in [-0.2, -0.15) is 0 Å². The standard InChI is InChI=1S/C9H14O/c1-8(2)6-3-7-5-9(8,4-6)10-7/h6-7H,3-5H2,1-2H3. The third-order valence-electron chi connectivity index (χ3n) is 4.27. The molecule has 0 aromatic heterocycles. The van der Waals surface area contributed by atoms with Crippen LogP contribution in [0, 0.1) is 11.3 Å². The van der Waals surface area contributed by atoms with Crippen LogP contribution in [0.25, 0.3) is 0 Å². The highest BCUT2D eigenvalue weighted by Crippen LogP contribution is 2.70. The largest absolute Gasteiger partial charge is 0.371 e. The van der Waals surface area contributed by atoms with Crippen LogP contribution >= 0.6 is 0 Å². The fourth-order valence-corrected chi connectivity index (χ4v) is 3.21. The minimum Gasteiger partial charge on any atom is -0.371 e. The number of hydrogen-bond donors (Lipinski definition) is 0. The lowest BCUT2D eigenvalue weighted by atomic mass is 9.42. The molecule has 3 heterocycles. The molecule has 3 aliphatic heterocycles. The van der Waals surface area contributed by atoms with Gasteiger partial charge in [0.1, 0.15) is 0 Å². The molecule has 3 atom stereocenters. The van der Waals surface area contributed by atoms with Crippen LogP contribution in [0.3, 0.4) is 0 Å². The number of ether oxygens (including phenoxy) is 1. The molecule has 3 saturated carbocycles. The van der Waals surface area contributed by atoms with E-state index >= 15 is 0 Å². The summed E-state index contributed by atoms with van der Waals surface area (Å²) in [4.78, 5) is 0. The molecule has 6 rings (SSSR count). The maximum Gasteiger partial charge on any atom is 0.0767 e. The smallest absolute Gasteiger partial charge is 0.0767 e. The molecule has 6 aliphatic rings. The van der Waals surface area contributed by atoms with Gasteiger partial charge in [-0.3, -0.25) is 0 Å². The molecule has 0 aromatic carbocycles. The van der Waals surface area contributed by atoms with E-state index in [0.29, 0.717) is 17.1 Å². The Bertz CT molecular complexity index is 179. The van der Waals surface area contributed by atoms with E-state index < -0.39 is 0 Å². The molecule has 3 bridgehead atoms. The van der Waals surface area contributed by atoms with Crippen molar-refractivity contribution >= 4 is 0 Å². The van der Waals surface area contributed by atoms with Gasteiger partial charge < -0.3 is 4.74 Å². The van der Waals surface area contributed by atoms with Gasteiger partial charge in [-0.05, 0) is 24.2 Å². The normalized spacial score (nSPS) is 60.6. The Morgan fingerprint density at radius 3 is 2.20 bits per heavy atom. The lowest BCUT2D eigenvalue weighted by Gasteiger charge is -2.74. The van der Waals surface area contributed by atoms with Crippen LogP contribution in [0.5, 0.6) is 0 Å². The maximum atomic E-state index is 5.84. The van der Waals surface area contributed by atoms with Gasteiger partial charge in [0.15, 0.2) is 0 Å². The molecule has 0 aromatic rings. The average molecular weight is 138 g/mol. The van der Waals surface area contributed by atoms with Gasteiger partial charge in [0.05, 0.1) is 11.7 Å². The van der Waals surface area contributed by atoms with Gasteiger partial charge in [-0.1, -0.05) is 13.8 Å². The Hall–Kier alpha value is -0.0400. The monoisotopic (exact) mass is 138 g/mol. The van der Waals surface area contributed by atoms with E-state index in [1.54, 1.807) is 0 Å². The zero-order valence-electron chi connectivity index (χ0n) is 6.68. The molecule has 0 radical (unpaired) electrons. The summed E-state index contributed by atoms with van der Waals surface area (Å²) in [6, 6.07) is 0. The van der Waals surface area contributed by atoms with Crippen molar-refractivity contribution in [2.45, 2.75) is 44.8 Å². The quantitative estimate of drug-likeness (QED) is 0.497. The highest BCUT2D eigenvalue weighted by Gasteiger charge is 2.71. The van der Waals surface area contributed by atoms with Gasteiger partial charge in [0, 0.05) is 6.42 Å². The molecule has 6 fully saturated rings. The van der Waals surface area contributed by atoms with Crippen molar-refractivity contribution in [1.29, 1.82) is 0 Å². The zero-order chi connectivity index (χ0) is 6.98. The van der Waals surface area contributed by atoms with Crippen molar-refractivity contribution < 1.29 is 4.74 Å². The van der Waals surface area contributed by atoms with Crippen LogP contribution in [-0.4, -0.2) is 11.7 Å². The lowest BCUT2D eigenvalue weighted by Crippen LogP contribution is -2.75. The first kappa shape index (κ1) is 5.59. The molecule has 56 valence electrons. The predicted molar refractivity (Wildman–Crippen MR) is 38.7 cm³/mol. The van der Waals surface area contributed by atoms with Crippen molar-refractivity contribution in [3.8, 4) is 0 Å². The molecular weight excluding hydrogens is 124 g/mol. The van der Waals surface area contributed by atoms with Crippen LogP contribution in [0.15, 0.2) is 0 Å². The summed E-state index contributed by atoms with van der Waals surface area (Å²) in [6.45, 7) is 4.74. The second-order valence-electron chi connectivity index (χ2n) is 4.80. The van der Waals surface area contributed by atoms with E-state index in [4.69, 9.17) is 4.74 Å². The topological polar surface area (TPSA) is 9.23 Å². The summed E-state index contributed by atoms with van der Waals surface area (Å²) in [6.07, 6.45) is 4.72. The summed E-state index contributed by atoms with van der Waals surface area (Å²) in [5.74, 6) is 0.986. The minimum absolute atomic E-state index is 0.362. The molecule has 3 saturated heterocycles. The molecule has 10 heavy (non-hydrogen) atoms. The van der Waals surface area contributed by atoms with Gasteiger partial charge in [-0.15, -0.1) is 0 Å². The summed E-state index contributed by atoms with van der Waals surface area (Å²) in [5, 5.41) is 0. The summed E-state index contributed by atoms with van der Waals surface area (Å²) < 4.78 is 5.84. The fourth-order valence-electron chi connectivity index (χ4n) is 3.21. The molecule has 3 aliphatic carbocycles. The molecule has 1 spiro atoms. The summed E-state index contributed by atoms with van der Waals surface area (Å²) in [5.41, 5.74) is 0.877. The molecule has 1 heteroatoms. The summed E-state index contributed by atoms with van der Waals surface area (Å²) in [7, 11) is 0. The van der Waals surface area contributed by atoms with Gasteiger partial charge in [-0.25, -0.2) is 0 Å². The second kappa shape index (κ2) is 1.18. The van der Waals surface area contributed by atoms with E-state index in [0.717, 1.165) is 5.92 Å². The molecular formula is C9H14O. The van der Waals surface area contributed by atoms with E-state index in [2.05, 4.69) is 13.8 Å². The van der Waals surface area contributed by atoms with Gasteiger partial charge in [0.25, 0.3) is 0 Å². The highest BCUT2D eigenvalue weighted by atomic mass is 16.5. The van der Waals surface area contributed by atoms with Crippen LogP contribution in [0.4, 0.5) is 0 Å². The Kier molecular flexibility index (Phi) is 0.658. The molecule has 3 unspecified atom stereocenters. The lowest BCUT2D eigenvalue weighted by molar-refractivity contribution is -0.381. The Balaban J connectivity index is 2.03. The Morgan fingerprint density at radius 2 is 2.00 bits per heavy atom. The Labute approximate surface area is 61.8 Å². The number of rotatable bonds is 0. The van der Waals surface area contributed by atoms with Crippen LogP contribution < -0.4 is 0 Å². The van der Waals surface area contributed by atoms with Crippen molar-refractivity contribution in [1.82, 2.24) is 0 Å². The first-order chi connectivity index (χ1) is 4.64. The van der Waals surface area contributed by atoms with Crippen molar-refractivity contribution in [2.24, 2.45) is 11.3 Å². The maximum absolute atomic E-state index is 5.84. The van der Waals surface area contributed by atoms with Crippen molar-refractivity contribution in [2.75, 3.05) is 0 Å². The van der Waals surface area contributed by atoms with Crippen molar-refractivity contribution in [3.05, 3.63) is 0 Å². The zero-order valence-corrected chi connectivity index (χ0v) is 6.68. The molecule has 0 amide bonds.